The molecule has 86 valence electrons. The van der Waals surface area contributed by atoms with E-state index < -0.39 is 0 Å². The topological polar surface area (TPSA) is 12.0 Å². The van der Waals surface area contributed by atoms with Gasteiger partial charge >= 0.3 is 0 Å². The zero-order chi connectivity index (χ0) is 11.1. The highest BCUT2D eigenvalue weighted by atomic mass is 79.9. The molecule has 1 aromatic carbocycles. The summed E-state index contributed by atoms with van der Waals surface area (Å²) in [6.45, 7) is 0. The maximum Gasteiger partial charge on any atom is 0.0346 e. The molecule has 0 heterocycles. The fourth-order valence-electron chi connectivity index (χ4n) is 3.38. The zero-order valence-corrected chi connectivity index (χ0v) is 11.2. The molecular weight excluding hydrogens is 262 g/mol. The summed E-state index contributed by atoms with van der Waals surface area (Å²) in [4.78, 5) is 0. The number of hydrogen-bond donors (Lipinski definition) is 1. The van der Waals surface area contributed by atoms with E-state index in [-0.39, 0.29) is 0 Å². The van der Waals surface area contributed by atoms with E-state index in [1.807, 2.05) is 0 Å². The van der Waals surface area contributed by atoms with E-state index in [1.165, 1.54) is 29.3 Å². The summed E-state index contributed by atoms with van der Waals surface area (Å²) < 4.78 is 1.17. The summed E-state index contributed by atoms with van der Waals surface area (Å²) in [7, 11) is 2.09. The molecule has 0 radical (unpaired) electrons. The van der Waals surface area contributed by atoms with Gasteiger partial charge in [-0.1, -0.05) is 28.1 Å². The smallest absolute Gasteiger partial charge is 0.0346 e. The molecule has 0 aliphatic heterocycles. The molecule has 3 unspecified atom stereocenters. The molecule has 2 fully saturated rings. The van der Waals surface area contributed by atoms with E-state index in [1.54, 1.807) is 0 Å². The minimum Gasteiger partial charge on any atom is -0.313 e. The quantitative estimate of drug-likeness (QED) is 0.889. The van der Waals surface area contributed by atoms with Crippen molar-refractivity contribution in [1.29, 1.82) is 0 Å². The molecule has 2 heteroatoms. The fourth-order valence-corrected chi connectivity index (χ4v) is 3.64. The molecule has 0 aromatic heterocycles. The van der Waals surface area contributed by atoms with Crippen LogP contribution >= 0.6 is 15.9 Å². The van der Waals surface area contributed by atoms with Gasteiger partial charge in [-0.25, -0.2) is 0 Å². The van der Waals surface area contributed by atoms with E-state index >= 15 is 0 Å². The maximum atomic E-state index is 3.51. The Labute approximate surface area is 106 Å². The van der Waals surface area contributed by atoms with E-state index in [0.717, 1.165) is 17.8 Å². The second kappa shape index (κ2) is 4.15. The third-order valence-electron chi connectivity index (χ3n) is 4.29. The van der Waals surface area contributed by atoms with Gasteiger partial charge in [-0.15, -0.1) is 0 Å². The highest BCUT2D eigenvalue weighted by Crippen LogP contribution is 2.57. The lowest BCUT2D eigenvalue weighted by atomic mass is 9.89. The van der Waals surface area contributed by atoms with Crippen LogP contribution in [0.1, 0.15) is 30.9 Å². The van der Waals surface area contributed by atoms with Crippen LogP contribution in [0.4, 0.5) is 0 Å². The molecule has 0 amide bonds. The van der Waals surface area contributed by atoms with Crippen molar-refractivity contribution in [1.82, 2.24) is 5.32 Å². The predicted molar refractivity (Wildman–Crippen MR) is 70.3 cm³/mol. The molecular formula is C14H18BrN. The molecule has 3 atom stereocenters. The highest BCUT2D eigenvalue weighted by Gasteiger charge is 2.47. The summed E-state index contributed by atoms with van der Waals surface area (Å²) in [6.07, 6.45) is 4.38. The first-order valence-electron chi connectivity index (χ1n) is 6.20. The van der Waals surface area contributed by atoms with Gasteiger partial charge in [0.25, 0.3) is 0 Å². The largest absolute Gasteiger partial charge is 0.313 e. The lowest BCUT2D eigenvalue weighted by Gasteiger charge is -2.24. The Hall–Kier alpha value is -0.340. The third kappa shape index (κ3) is 1.93. The Morgan fingerprint density at radius 3 is 2.31 bits per heavy atom. The monoisotopic (exact) mass is 279 g/mol. The second-order valence-corrected chi connectivity index (χ2v) is 6.22. The Morgan fingerprint density at radius 2 is 1.75 bits per heavy atom. The van der Waals surface area contributed by atoms with Gasteiger partial charge < -0.3 is 5.32 Å². The Morgan fingerprint density at radius 1 is 1.12 bits per heavy atom. The van der Waals surface area contributed by atoms with E-state index in [9.17, 15) is 0 Å². The van der Waals surface area contributed by atoms with Gasteiger partial charge in [0, 0.05) is 10.5 Å². The van der Waals surface area contributed by atoms with Crippen molar-refractivity contribution in [2.75, 3.05) is 7.05 Å². The summed E-state index contributed by atoms with van der Waals surface area (Å²) in [6, 6.07) is 9.34. The van der Waals surface area contributed by atoms with Crippen molar-refractivity contribution in [3.63, 3.8) is 0 Å². The molecule has 3 rings (SSSR count). The molecule has 2 aliphatic carbocycles. The first-order valence-corrected chi connectivity index (χ1v) is 7.00. The molecule has 0 spiro atoms. The minimum absolute atomic E-state index is 0.556. The summed E-state index contributed by atoms with van der Waals surface area (Å²) in [5.74, 6) is 2.99. The third-order valence-corrected chi connectivity index (χ3v) is 4.82. The maximum absolute atomic E-state index is 3.51. The molecule has 1 nitrogen and oxygen atoms in total. The number of fused-ring (bicyclic) bond motifs is 1. The summed E-state index contributed by atoms with van der Waals surface area (Å²) in [5, 5.41) is 3.51. The van der Waals surface area contributed by atoms with E-state index in [4.69, 9.17) is 0 Å². The molecule has 1 aromatic rings. The fraction of sp³-hybridized carbons (Fsp3) is 0.571. The highest BCUT2D eigenvalue weighted by molar-refractivity contribution is 9.10. The number of halogens is 1. The molecule has 2 saturated carbocycles. The number of hydrogen-bond acceptors (Lipinski definition) is 1. The number of benzene rings is 1. The van der Waals surface area contributed by atoms with Gasteiger partial charge in [0.15, 0.2) is 0 Å². The number of nitrogens with one attached hydrogen (secondary N) is 1. The van der Waals surface area contributed by atoms with Crippen LogP contribution in [0.3, 0.4) is 0 Å². The van der Waals surface area contributed by atoms with Crippen LogP contribution in [0, 0.1) is 17.8 Å². The first kappa shape index (κ1) is 10.8. The van der Waals surface area contributed by atoms with Crippen LogP contribution in [0.2, 0.25) is 0 Å². The molecule has 2 aliphatic rings. The van der Waals surface area contributed by atoms with Crippen LogP contribution < -0.4 is 5.32 Å². The van der Waals surface area contributed by atoms with Crippen molar-refractivity contribution in [2.24, 2.45) is 17.8 Å². The molecule has 0 bridgehead atoms. The Bertz CT molecular complexity index is 363. The van der Waals surface area contributed by atoms with E-state index in [0.29, 0.717) is 6.04 Å². The van der Waals surface area contributed by atoms with Gasteiger partial charge in [0.05, 0.1) is 0 Å². The van der Waals surface area contributed by atoms with Gasteiger partial charge in [-0.2, -0.15) is 0 Å². The van der Waals surface area contributed by atoms with Crippen molar-refractivity contribution < 1.29 is 0 Å². The second-order valence-electron chi connectivity index (χ2n) is 5.31. The molecule has 0 saturated heterocycles. The minimum atomic E-state index is 0.556. The first-order chi connectivity index (χ1) is 7.78. The van der Waals surface area contributed by atoms with Gasteiger partial charge in [-0.3, -0.25) is 0 Å². The van der Waals surface area contributed by atoms with Crippen molar-refractivity contribution in [3.05, 3.63) is 34.3 Å². The standard InChI is InChI=1S/C14H18BrN/c1-16-14(9-2-4-13(15)5-3-9)12-7-10-6-11(10)8-12/h2-5,10-12,14,16H,6-8H2,1H3. The predicted octanol–water partition coefficient (Wildman–Crippen LogP) is 3.76. The SMILES string of the molecule is CNC(c1ccc(Br)cc1)C1CC2CC2C1. The summed E-state index contributed by atoms with van der Waals surface area (Å²) >= 11 is 3.50. The lowest BCUT2D eigenvalue weighted by Crippen LogP contribution is -2.24. The average molecular weight is 280 g/mol. The van der Waals surface area contributed by atoms with E-state index in [2.05, 4.69) is 52.6 Å². The summed E-state index contributed by atoms with van der Waals surface area (Å²) in [5.41, 5.74) is 1.44. The van der Waals surface area contributed by atoms with Gasteiger partial charge in [0.1, 0.15) is 0 Å². The Kier molecular flexibility index (Phi) is 2.80. The van der Waals surface area contributed by atoms with Crippen LogP contribution in [-0.4, -0.2) is 7.05 Å². The van der Waals surface area contributed by atoms with Crippen molar-refractivity contribution >= 4 is 15.9 Å². The van der Waals surface area contributed by atoms with Crippen molar-refractivity contribution in [3.8, 4) is 0 Å². The lowest BCUT2D eigenvalue weighted by molar-refractivity contribution is 0.359. The van der Waals surface area contributed by atoms with Crippen LogP contribution in [0.15, 0.2) is 28.7 Å². The molecule has 1 N–H and O–H groups in total. The van der Waals surface area contributed by atoms with Crippen LogP contribution in [-0.2, 0) is 0 Å². The molecule has 16 heavy (non-hydrogen) atoms. The van der Waals surface area contributed by atoms with Crippen LogP contribution in [0.25, 0.3) is 0 Å². The van der Waals surface area contributed by atoms with Crippen molar-refractivity contribution in [2.45, 2.75) is 25.3 Å². The number of rotatable bonds is 3. The van der Waals surface area contributed by atoms with Crippen LogP contribution in [0.5, 0.6) is 0 Å². The van der Waals surface area contributed by atoms with Gasteiger partial charge in [-0.05, 0) is 61.8 Å². The Balaban J connectivity index is 1.77. The van der Waals surface area contributed by atoms with Gasteiger partial charge in [0.2, 0.25) is 0 Å². The zero-order valence-electron chi connectivity index (χ0n) is 9.62. The average Bonchev–Trinajstić information content (AvgIpc) is 2.90. The normalized spacial score (nSPS) is 33.5.